The number of nitrogens with one attached hydrogen (secondary N) is 1. The minimum atomic E-state index is -2.33. The summed E-state index contributed by atoms with van der Waals surface area (Å²) in [4.78, 5) is 16.2. The number of anilines is 1. The first-order chi connectivity index (χ1) is 13.7. The Labute approximate surface area is 167 Å². The largest absolute Gasteiger partial charge is 0.298 e. The summed E-state index contributed by atoms with van der Waals surface area (Å²) in [5.74, 6) is -12.2. The molecule has 1 unspecified atom stereocenters. The van der Waals surface area contributed by atoms with Gasteiger partial charge in [-0.05, 0) is 17.9 Å². The number of thiazole rings is 1. The minimum Gasteiger partial charge on any atom is -0.298 e. The van der Waals surface area contributed by atoms with E-state index in [9.17, 15) is 26.7 Å². The van der Waals surface area contributed by atoms with Crippen LogP contribution in [0.1, 0.15) is 42.1 Å². The van der Waals surface area contributed by atoms with E-state index in [1.165, 1.54) is 0 Å². The molecule has 0 radical (unpaired) electrons. The highest BCUT2D eigenvalue weighted by Gasteiger charge is 2.30. The van der Waals surface area contributed by atoms with Crippen LogP contribution in [-0.4, -0.2) is 10.9 Å². The minimum absolute atomic E-state index is 0.0417. The van der Waals surface area contributed by atoms with Gasteiger partial charge in [0.1, 0.15) is 5.56 Å². The number of carbonyl (C=O) groups excluding carboxylic acids is 1. The second-order valence-electron chi connectivity index (χ2n) is 6.37. The number of hydrogen-bond acceptors (Lipinski definition) is 3. The Hall–Kier alpha value is -2.81. The van der Waals surface area contributed by atoms with Gasteiger partial charge in [0.25, 0.3) is 5.91 Å². The highest BCUT2D eigenvalue weighted by atomic mass is 32.1. The maximum Gasteiger partial charge on any atom is 0.263 e. The lowest BCUT2D eigenvalue weighted by atomic mass is 9.97. The topological polar surface area (TPSA) is 42.0 Å². The van der Waals surface area contributed by atoms with E-state index < -0.39 is 40.6 Å². The average Bonchev–Trinajstić information content (AvgIpc) is 3.18. The molecule has 3 nitrogen and oxygen atoms in total. The van der Waals surface area contributed by atoms with Gasteiger partial charge in [0.2, 0.25) is 5.82 Å². The zero-order valence-electron chi connectivity index (χ0n) is 15.3. The molecule has 29 heavy (non-hydrogen) atoms. The summed E-state index contributed by atoms with van der Waals surface area (Å²) in [6.07, 6.45) is 0.990. The summed E-state index contributed by atoms with van der Waals surface area (Å²) >= 11 is 0.956. The lowest BCUT2D eigenvalue weighted by Crippen LogP contribution is -2.19. The van der Waals surface area contributed by atoms with Crippen molar-refractivity contribution in [1.82, 2.24) is 4.98 Å². The van der Waals surface area contributed by atoms with Gasteiger partial charge in [0.15, 0.2) is 28.4 Å². The van der Waals surface area contributed by atoms with E-state index in [-0.39, 0.29) is 5.13 Å². The van der Waals surface area contributed by atoms with Crippen molar-refractivity contribution in [3.63, 3.8) is 0 Å². The maximum absolute atomic E-state index is 13.8. The van der Waals surface area contributed by atoms with Gasteiger partial charge in [-0.3, -0.25) is 10.1 Å². The van der Waals surface area contributed by atoms with Gasteiger partial charge in [0, 0.05) is 10.9 Å². The highest BCUT2D eigenvalue weighted by Crippen LogP contribution is 2.29. The molecule has 3 aromatic rings. The SMILES string of the molecule is CCC(C)c1ccc(-c2csc(NC(=O)c3c(F)c(F)c(F)c(F)c3F)n2)cc1. The third-order valence-electron chi connectivity index (χ3n) is 4.55. The molecule has 9 heteroatoms. The van der Waals surface area contributed by atoms with Gasteiger partial charge in [-0.15, -0.1) is 11.3 Å². The Morgan fingerprint density at radius 3 is 2.10 bits per heavy atom. The number of halogens is 5. The standard InChI is InChI=1S/C20H15F5N2OS/c1-3-9(2)10-4-6-11(7-5-10)12-8-29-20(26-12)27-19(28)13-14(21)16(23)18(25)17(24)15(13)22/h4-9H,3H2,1-2H3,(H,26,27,28). The molecule has 1 atom stereocenters. The van der Waals surface area contributed by atoms with Crippen LogP contribution >= 0.6 is 11.3 Å². The van der Waals surface area contributed by atoms with E-state index in [4.69, 9.17) is 0 Å². The van der Waals surface area contributed by atoms with Gasteiger partial charge in [-0.2, -0.15) is 0 Å². The predicted octanol–water partition coefficient (Wildman–Crippen LogP) is 6.27. The number of benzene rings is 2. The molecule has 0 saturated carbocycles. The molecule has 1 heterocycles. The van der Waals surface area contributed by atoms with Gasteiger partial charge in [-0.1, -0.05) is 38.1 Å². The Bertz CT molecular complexity index is 1040. The molecular formula is C20H15F5N2OS. The Kier molecular flexibility index (Phi) is 5.97. The molecule has 3 rings (SSSR count). The van der Waals surface area contributed by atoms with Crippen molar-refractivity contribution in [2.45, 2.75) is 26.2 Å². The summed E-state index contributed by atoms with van der Waals surface area (Å²) in [5, 5.41) is 3.64. The first-order valence-corrected chi connectivity index (χ1v) is 9.51. The van der Waals surface area contributed by atoms with E-state index in [0.717, 1.165) is 28.9 Å². The van der Waals surface area contributed by atoms with Crippen LogP contribution in [0.25, 0.3) is 11.3 Å². The quantitative estimate of drug-likeness (QED) is 0.297. The van der Waals surface area contributed by atoms with Crippen molar-refractivity contribution in [3.05, 3.63) is 69.9 Å². The fourth-order valence-corrected chi connectivity index (χ4v) is 3.36. The van der Waals surface area contributed by atoms with Gasteiger partial charge >= 0.3 is 0 Å². The molecule has 0 spiro atoms. The first-order valence-electron chi connectivity index (χ1n) is 8.63. The number of nitrogens with zero attached hydrogens (tertiary/aromatic N) is 1. The zero-order valence-corrected chi connectivity index (χ0v) is 16.1. The molecule has 2 aromatic carbocycles. The van der Waals surface area contributed by atoms with E-state index in [2.05, 4.69) is 24.1 Å². The number of aromatic nitrogens is 1. The van der Waals surface area contributed by atoms with Crippen LogP contribution in [0.5, 0.6) is 0 Å². The second-order valence-corrected chi connectivity index (χ2v) is 7.23. The van der Waals surface area contributed by atoms with Crippen LogP contribution in [0.2, 0.25) is 0 Å². The van der Waals surface area contributed by atoms with E-state index in [0.29, 0.717) is 11.6 Å². The Morgan fingerprint density at radius 1 is 1.00 bits per heavy atom. The fourth-order valence-electron chi connectivity index (χ4n) is 2.65. The van der Waals surface area contributed by atoms with Crippen molar-refractivity contribution in [1.29, 1.82) is 0 Å². The normalized spacial score (nSPS) is 12.1. The summed E-state index contributed by atoms with van der Waals surface area (Å²) in [6.45, 7) is 4.18. The van der Waals surface area contributed by atoms with Crippen molar-refractivity contribution in [2.24, 2.45) is 0 Å². The van der Waals surface area contributed by atoms with Crippen LogP contribution in [0, 0.1) is 29.1 Å². The van der Waals surface area contributed by atoms with Gasteiger partial charge < -0.3 is 0 Å². The number of carbonyl (C=O) groups is 1. The van der Waals surface area contributed by atoms with E-state index in [1.54, 1.807) is 5.38 Å². The van der Waals surface area contributed by atoms with Crippen LogP contribution in [0.4, 0.5) is 27.1 Å². The number of amides is 1. The second kappa shape index (κ2) is 8.28. The van der Waals surface area contributed by atoms with Crippen molar-refractivity contribution >= 4 is 22.4 Å². The van der Waals surface area contributed by atoms with E-state index >= 15 is 0 Å². The van der Waals surface area contributed by atoms with Crippen LogP contribution < -0.4 is 5.32 Å². The molecule has 1 aromatic heterocycles. The number of rotatable bonds is 5. The van der Waals surface area contributed by atoms with Crippen LogP contribution in [-0.2, 0) is 0 Å². The molecule has 0 aliphatic rings. The Morgan fingerprint density at radius 2 is 1.55 bits per heavy atom. The molecule has 0 saturated heterocycles. The summed E-state index contributed by atoms with van der Waals surface area (Å²) in [5.41, 5.74) is 0.853. The van der Waals surface area contributed by atoms with E-state index in [1.807, 2.05) is 24.3 Å². The van der Waals surface area contributed by atoms with Gasteiger partial charge in [0.05, 0.1) is 5.69 Å². The van der Waals surface area contributed by atoms with Gasteiger partial charge in [-0.25, -0.2) is 26.9 Å². The summed E-state index contributed by atoms with van der Waals surface area (Å²) in [7, 11) is 0. The fraction of sp³-hybridized carbons (Fsp3) is 0.200. The lowest BCUT2D eigenvalue weighted by Gasteiger charge is -2.09. The van der Waals surface area contributed by atoms with Crippen LogP contribution in [0.15, 0.2) is 29.6 Å². The van der Waals surface area contributed by atoms with Crippen molar-refractivity contribution in [2.75, 3.05) is 5.32 Å². The van der Waals surface area contributed by atoms with Crippen molar-refractivity contribution < 1.29 is 26.7 Å². The molecule has 0 aliphatic carbocycles. The molecule has 152 valence electrons. The third-order valence-corrected chi connectivity index (χ3v) is 5.31. The van der Waals surface area contributed by atoms with Crippen LogP contribution in [0.3, 0.4) is 0 Å². The lowest BCUT2D eigenvalue weighted by molar-refractivity contribution is 0.101. The maximum atomic E-state index is 13.8. The molecule has 1 amide bonds. The predicted molar refractivity (Wildman–Crippen MR) is 100 cm³/mol. The molecule has 0 bridgehead atoms. The molecule has 0 fully saturated rings. The smallest absolute Gasteiger partial charge is 0.263 e. The van der Waals surface area contributed by atoms with Crippen molar-refractivity contribution in [3.8, 4) is 11.3 Å². The molecule has 0 aliphatic heterocycles. The Balaban J connectivity index is 1.83. The summed E-state index contributed by atoms with van der Waals surface area (Å²) < 4.78 is 67.2. The first kappa shape index (κ1) is 20.9. The average molecular weight is 426 g/mol. The molecular weight excluding hydrogens is 411 g/mol. The highest BCUT2D eigenvalue weighted by molar-refractivity contribution is 7.14. The third kappa shape index (κ3) is 4.00. The number of hydrogen-bond donors (Lipinski definition) is 1. The monoisotopic (exact) mass is 426 g/mol. The zero-order chi connectivity index (χ0) is 21.3. The summed E-state index contributed by atoms with van der Waals surface area (Å²) in [6, 6.07) is 7.62. The molecule has 1 N–H and O–H groups in total.